The highest BCUT2D eigenvalue weighted by Crippen LogP contribution is 2.27. The zero-order valence-corrected chi connectivity index (χ0v) is 13.3. The molecule has 8 heteroatoms. The van der Waals surface area contributed by atoms with E-state index in [0.717, 1.165) is 5.56 Å². The van der Waals surface area contributed by atoms with Gasteiger partial charge in [-0.1, -0.05) is 6.07 Å². The van der Waals surface area contributed by atoms with Crippen LogP contribution in [-0.4, -0.2) is 74.1 Å². The van der Waals surface area contributed by atoms with Gasteiger partial charge in [0, 0.05) is 0 Å². The van der Waals surface area contributed by atoms with Crippen LogP contribution in [0.2, 0.25) is 0 Å². The Morgan fingerprint density at radius 2 is 1.79 bits per heavy atom. The highest BCUT2D eigenvalue weighted by atomic mass is 16.7. The van der Waals surface area contributed by atoms with Crippen LogP contribution >= 0.6 is 0 Å². The smallest absolute Gasteiger partial charge is 0.186 e. The molecule has 24 heavy (non-hydrogen) atoms. The molecule has 0 aliphatic carbocycles. The van der Waals surface area contributed by atoms with Gasteiger partial charge < -0.3 is 40.1 Å². The number of hydrogen-bond donors (Lipinski definition) is 6. The fourth-order valence-corrected chi connectivity index (χ4v) is 2.57. The zero-order chi connectivity index (χ0) is 17.9. The second kappa shape index (κ2) is 8.11. The molecule has 6 N–H and O–H groups in total. The number of aryl methyl sites for hydroxylation is 1. The number of ether oxygens (including phenoxy) is 2. The zero-order valence-electron chi connectivity index (χ0n) is 13.3. The van der Waals surface area contributed by atoms with Gasteiger partial charge in [-0.15, -0.1) is 0 Å². The Kier molecular flexibility index (Phi) is 6.39. The number of phenols is 2. The van der Waals surface area contributed by atoms with Crippen molar-refractivity contribution in [3.05, 3.63) is 23.8 Å². The van der Waals surface area contributed by atoms with Gasteiger partial charge in [0.15, 0.2) is 17.8 Å². The summed E-state index contributed by atoms with van der Waals surface area (Å²) >= 11 is 0. The molecule has 6 unspecified atom stereocenters. The van der Waals surface area contributed by atoms with Crippen LogP contribution in [0.15, 0.2) is 18.2 Å². The third-order valence-corrected chi connectivity index (χ3v) is 4.09. The van der Waals surface area contributed by atoms with Crippen LogP contribution in [0.5, 0.6) is 11.5 Å². The molecule has 2 rings (SSSR count). The minimum Gasteiger partial charge on any atom is -0.504 e. The summed E-state index contributed by atoms with van der Waals surface area (Å²) in [5, 5.41) is 57.2. The third-order valence-electron chi connectivity index (χ3n) is 4.09. The van der Waals surface area contributed by atoms with E-state index in [1.165, 1.54) is 12.1 Å². The summed E-state index contributed by atoms with van der Waals surface area (Å²) in [6.45, 7) is 1.24. The first-order valence-corrected chi connectivity index (χ1v) is 7.80. The Labute approximate surface area is 139 Å². The Morgan fingerprint density at radius 3 is 2.42 bits per heavy atom. The standard InChI is InChI=1S/C16H24O8/c1-8(2-3-9-4-5-10(18)11(19)6-9)23-16-15(22)14(21)13(20)12(7-17)24-16/h4-6,8,12-22H,2-3,7H2,1H3. The average Bonchev–Trinajstić information content (AvgIpc) is 2.56. The molecule has 1 aliphatic heterocycles. The van der Waals surface area contributed by atoms with Crippen LogP contribution in [0.1, 0.15) is 18.9 Å². The van der Waals surface area contributed by atoms with E-state index in [9.17, 15) is 25.5 Å². The van der Waals surface area contributed by atoms with Crippen molar-refractivity contribution in [3.63, 3.8) is 0 Å². The molecule has 0 saturated carbocycles. The summed E-state index contributed by atoms with van der Waals surface area (Å²) in [7, 11) is 0. The largest absolute Gasteiger partial charge is 0.504 e. The van der Waals surface area contributed by atoms with Crippen molar-refractivity contribution in [3.8, 4) is 11.5 Å². The van der Waals surface area contributed by atoms with Crippen LogP contribution in [0.25, 0.3) is 0 Å². The first-order chi connectivity index (χ1) is 11.3. The molecule has 0 radical (unpaired) electrons. The Morgan fingerprint density at radius 1 is 1.08 bits per heavy atom. The fraction of sp³-hybridized carbons (Fsp3) is 0.625. The second-order valence-corrected chi connectivity index (χ2v) is 6.01. The SMILES string of the molecule is CC(CCc1ccc(O)c(O)c1)OC1OC(CO)C(O)C(O)C1O. The van der Waals surface area contributed by atoms with E-state index in [1.807, 2.05) is 0 Å². The molecule has 1 aromatic rings. The van der Waals surface area contributed by atoms with E-state index >= 15 is 0 Å². The molecule has 0 bridgehead atoms. The lowest BCUT2D eigenvalue weighted by Gasteiger charge is -2.40. The lowest BCUT2D eigenvalue weighted by Crippen LogP contribution is -2.59. The number of aliphatic hydroxyl groups is 4. The summed E-state index contributed by atoms with van der Waals surface area (Å²) in [6, 6.07) is 4.53. The van der Waals surface area contributed by atoms with Crippen molar-refractivity contribution in [2.75, 3.05) is 6.61 Å². The lowest BCUT2D eigenvalue weighted by atomic mass is 9.99. The molecule has 0 spiro atoms. The van der Waals surface area contributed by atoms with Crippen molar-refractivity contribution >= 4 is 0 Å². The van der Waals surface area contributed by atoms with Gasteiger partial charge in [-0.05, 0) is 37.5 Å². The van der Waals surface area contributed by atoms with Gasteiger partial charge in [0.1, 0.15) is 24.4 Å². The van der Waals surface area contributed by atoms with Gasteiger partial charge in [-0.3, -0.25) is 0 Å². The van der Waals surface area contributed by atoms with Crippen LogP contribution in [0, 0.1) is 0 Å². The molecule has 1 fully saturated rings. The van der Waals surface area contributed by atoms with E-state index in [2.05, 4.69) is 0 Å². The van der Waals surface area contributed by atoms with Gasteiger partial charge >= 0.3 is 0 Å². The fourth-order valence-electron chi connectivity index (χ4n) is 2.57. The molecule has 8 nitrogen and oxygen atoms in total. The second-order valence-electron chi connectivity index (χ2n) is 6.01. The molecule has 136 valence electrons. The van der Waals surface area contributed by atoms with Crippen LogP contribution in [0.4, 0.5) is 0 Å². The van der Waals surface area contributed by atoms with Gasteiger partial charge in [0.05, 0.1) is 12.7 Å². The molecule has 0 aromatic heterocycles. The van der Waals surface area contributed by atoms with E-state index in [0.29, 0.717) is 12.8 Å². The monoisotopic (exact) mass is 344 g/mol. The normalized spacial score (nSPS) is 31.8. The predicted octanol–water partition coefficient (Wildman–Crippen LogP) is -0.765. The summed E-state index contributed by atoms with van der Waals surface area (Å²) in [5.74, 6) is -0.389. The van der Waals surface area contributed by atoms with E-state index in [-0.39, 0.29) is 17.6 Å². The minimum absolute atomic E-state index is 0.190. The van der Waals surface area contributed by atoms with Gasteiger partial charge in [-0.25, -0.2) is 0 Å². The third kappa shape index (κ3) is 4.35. The summed E-state index contributed by atoms with van der Waals surface area (Å²) in [6.07, 6.45) is -5.77. The minimum atomic E-state index is -1.47. The van der Waals surface area contributed by atoms with E-state index in [1.54, 1.807) is 13.0 Å². The van der Waals surface area contributed by atoms with Crippen molar-refractivity contribution < 1.29 is 40.1 Å². The predicted molar refractivity (Wildman–Crippen MR) is 82.4 cm³/mol. The molecular formula is C16H24O8. The maximum atomic E-state index is 9.92. The number of aromatic hydroxyl groups is 2. The number of rotatable bonds is 6. The van der Waals surface area contributed by atoms with E-state index in [4.69, 9.17) is 14.6 Å². The van der Waals surface area contributed by atoms with Crippen molar-refractivity contribution in [1.29, 1.82) is 0 Å². The van der Waals surface area contributed by atoms with Crippen LogP contribution < -0.4 is 0 Å². The molecule has 1 heterocycles. The Hall–Kier alpha value is -1.42. The maximum Gasteiger partial charge on any atom is 0.186 e. The number of benzene rings is 1. The lowest BCUT2D eigenvalue weighted by molar-refractivity contribution is -0.310. The van der Waals surface area contributed by atoms with Gasteiger partial charge in [0.25, 0.3) is 0 Å². The average molecular weight is 344 g/mol. The molecular weight excluding hydrogens is 320 g/mol. The van der Waals surface area contributed by atoms with Crippen LogP contribution in [0.3, 0.4) is 0 Å². The highest BCUT2D eigenvalue weighted by molar-refractivity contribution is 5.40. The number of phenolic OH excluding ortho intramolecular Hbond substituents is 2. The quantitative estimate of drug-likeness (QED) is 0.370. The van der Waals surface area contributed by atoms with Crippen molar-refractivity contribution in [2.45, 2.75) is 56.6 Å². The Bertz CT molecular complexity index is 535. The first kappa shape index (κ1) is 18.9. The topological polar surface area (TPSA) is 140 Å². The van der Waals surface area contributed by atoms with Crippen LogP contribution in [-0.2, 0) is 15.9 Å². The van der Waals surface area contributed by atoms with E-state index < -0.39 is 37.3 Å². The molecule has 1 aromatic carbocycles. The van der Waals surface area contributed by atoms with Gasteiger partial charge in [0.2, 0.25) is 0 Å². The molecule has 0 amide bonds. The summed E-state index contributed by atoms with van der Waals surface area (Å²) in [5.41, 5.74) is 0.801. The highest BCUT2D eigenvalue weighted by Gasteiger charge is 2.44. The summed E-state index contributed by atoms with van der Waals surface area (Å²) in [4.78, 5) is 0. The molecule has 1 aliphatic rings. The summed E-state index contributed by atoms with van der Waals surface area (Å²) < 4.78 is 10.8. The molecule has 1 saturated heterocycles. The Balaban J connectivity index is 1.88. The first-order valence-electron chi connectivity index (χ1n) is 7.80. The number of hydrogen-bond acceptors (Lipinski definition) is 8. The molecule has 6 atom stereocenters. The number of aliphatic hydroxyl groups excluding tert-OH is 4. The van der Waals surface area contributed by atoms with Crippen molar-refractivity contribution in [2.24, 2.45) is 0 Å². The maximum absolute atomic E-state index is 9.92. The van der Waals surface area contributed by atoms with Crippen molar-refractivity contribution in [1.82, 2.24) is 0 Å². The van der Waals surface area contributed by atoms with Gasteiger partial charge in [-0.2, -0.15) is 0 Å².